The highest BCUT2D eigenvalue weighted by atomic mass is 35.5. The summed E-state index contributed by atoms with van der Waals surface area (Å²) in [4.78, 5) is 40.0. The van der Waals surface area contributed by atoms with Gasteiger partial charge in [-0.3, -0.25) is 9.59 Å². The second-order valence-corrected chi connectivity index (χ2v) is 8.14. The molecule has 0 unspecified atom stereocenters. The van der Waals surface area contributed by atoms with Crippen LogP contribution >= 0.6 is 11.6 Å². The zero-order valence-corrected chi connectivity index (χ0v) is 15.8. The predicted molar refractivity (Wildman–Crippen MR) is 103 cm³/mol. The van der Waals surface area contributed by atoms with Crippen LogP contribution in [0, 0.1) is 23.7 Å². The first-order valence-corrected chi connectivity index (χ1v) is 9.87. The lowest BCUT2D eigenvalue weighted by molar-refractivity contribution is -0.123. The molecule has 0 spiro atoms. The minimum atomic E-state index is -0.627. The summed E-state index contributed by atoms with van der Waals surface area (Å²) in [6.45, 7) is 0. The molecule has 6 heteroatoms. The zero-order chi connectivity index (χ0) is 19.4. The first-order chi connectivity index (χ1) is 13.6. The summed E-state index contributed by atoms with van der Waals surface area (Å²) in [5.74, 6) is -0.619. The Morgan fingerprint density at radius 2 is 1.54 bits per heavy atom. The smallest absolute Gasteiger partial charge is 0.345 e. The van der Waals surface area contributed by atoms with E-state index in [1.54, 1.807) is 48.5 Å². The van der Waals surface area contributed by atoms with Crippen molar-refractivity contribution >= 4 is 35.1 Å². The van der Waals surface area contributed by atoms with E-state index in [1.165, 1.54) is 4.90 Å². The van der Waals surface area contributed by atoms with Crippen molar-refractivity contribution < 1.29 is 19.1 Å². The number of benzene rings is 2. The fourth-order valence-electron chi connectivity index (χ4n) is 5.16. The van der Waals surface area contributed by atoms with Gasteiger partial charge in [-0.1, -0.05) is 35.9 Å². The summed E-state index contributed by atoms with van der Waals surface area (Å²) < 4.78 is 5.54. The highest BCUT2D eigenvalue weighted by Crippen LogP contribution is 2.57. The Kier molecular flexibility index (Phi) is 4.02. The molecule has 1 heterocycles. The molecule has 5 nitrogen and oxygen atoms in total. The van der Waals surface area contributed by atoms with Gasteiger partial charge in [0, 0.05) is 0 Å². The Morgan fingerprint density at radius 3 is 2.21 bits per heavy atom. The summed E-state index contributed by atoms with van der Waals surface area (Å²) in [5, 5.41) is 0.282. The summed E-state index contributed by atoms with van der Waals surface area (Å²) in [6, 6.07) is 13.3. The number of imide groups is 1. The second-order valence-electron chi connectivity index (χ2n) is 7.73. The fraction of sp³-hybridized carbons (Fsp3) is 0.318. The van der Waals surface area contributed by atoms with Gasteiger partial charge in [-0.25, -0.2) is 9.69 Å². The maximum absolute atomic E-state index is 13.1. The van der Waals surface area contributed by atoms with Crippen molar-refractivity contribution in [2.45, 2.75) is 19.3 Å². The summed E-state index contributed by atoms with van der Waals surface area (Å²) in [6.07, 6.45) is 3.01. The molecule has 3 fully saturated rings. The van der Waals surface area contributed by atoms with Gasteiger partial charge >= 0.3 is 5.97 Å². The van der Waals surface area contributed by atoms with Crippen LogP contribution in [0.4, 0.5) is 5.69 Å². The number of amides is 2. The van der Waals surface area contributed by atoms with Gasteiger partial charge in [0.25, 0.3) is 0 Å². The van der Waals surface area contributed by atoms with Crippen molar-refractivity contribution in [2.24, 2.45) is 23.7 Å². The third-order valence-corrected chi connectivity index (χ3v) is 6.66. The lowest BCUT2D eigenvalue weighted by atomic mass is 9.81. The number of nitrogens with zero attached hydrogens (tertiary/aromatic N) is 1. The van der Waals surface area contributed by atoms with Gasteiger partial charge < -0.3 is 4.74 Å². The van der Waals surface area contributed by atoms with Crippen molar-refractivity contribution in [3.63, 3.8) is 0 Å². The third-order valence-electron chi connectivity index (χ3n) is 6.33. The monoisotopic (exact) mass is 395 g/mol. The number of esters is 1. The Morgan fingerprint density at radius 1 is 0.929 bits per heavy atom. The number of ether oxygens (including phenoxy) is 1. The van der Waals surface area contributed by atoms with Gasteiger partial charge in [-0.2, -0.15) is 0 Å². The van der Waals surface area contributed by atoms with Crippen molar-refractivity contribution in [3.05, 3.63) is 59.1 Å². The Bertz CT molecular complexity index is 976. The molecule has 28 heavy (non-hydrogen) atoms. The highest BCUT2D eigenvalue weighted by molar-refractivity contribution is 6.33. The van der Waals surface area contributed by atoms with E-state index >= 15 is 0 Å². The summed E-state index contributed by atoms with van der Waals surface area (Å²) in [7, 11) is 0. The number of carbonyl (C=O) groups is 3. The molecule has 1 aliphatic heterocycles. The van der Waals surface area contributed by atoms with Crippen LogP contribution in [0.5, 0.6) is 5.75 Å². The van der Waals surface area contributed by atoms with E-state index in [-0.39, 0.29) is 40.0 Å². The first kappa shape index (κ1) is 17.4. The van der Waals surface area contributed by atoms with E-state index in [1.807, 2.05) is 0 Å². The molecule has 2 aromatic carbocycles. The number of para-hydroxylation sites is 2. The zero-order valence-electron chi connectivity index (χ0n) is 15.0. The highest BCUT2D eigenvalue weighted by Gasteiger charge is 2.61. The number of hydrogen-bond acceptors (Lipinski definition) is 4. The maximum atomic E-state index is 13.1. The molecule has 2 amide bonds. The van der Waals surface area contributed by atoms with Crippen LogP contribution in [-0.4, -0.2) is 17.8 Å². The minimum Gasteiger partial charge on any atom is -0.421 e. The van der Waals surface area contributed by atoms with Gasteiger partial charge in [0.2, 0.25) is 11.8 Å². The van der Waals surface area contributed by atoms with Gasteiger partial charge in [-0.15, -0.1) is 0 Å². The number of halogens is 1. The maximum Gasteiger partial charge on any atom is 0.345 e. The van der Waals surface area contributed by atoms with E-state index in [4.69, 9.17) is 16.3 Å². The van der Waals surface area contributed by atoms with Crippen molar-refractivity contribution in [1.29, 1.82) is 0 Å². The molecule has 2 saturated carbocycles. The van der Waals surface area contributed by atoms with Crippen molar-refractivity contribution in [1.82, 2.24) is 0 Å². The van der Waals surface area contributed by atoms with Gasteiger partial charge in [-0.05, 0) is 55.4 Å². The molecule has 4 atom stereocenters. The standard InChI is InChI=1S/C22H18ClNO4/c23-15-6-2-1-5-14(15)22(27)28-17-8-4-3-7-16(17)24-20(25)18-12-9-10-13(11-12)19(18)21(24)26/h1-8,12-13,18-19H,9-11H2/t12-,13-,18+,19+/m0/s1. The normalized spacial score (nSPS) is 28.0. The van der Waals surface area contributed by atoms with Crippen LogP contribution in [0.2, 0.25) is 5.02 Å². The summed E-state index contributed by atoms with van der Waals surface area (Å²) >= 11 is 6.08. The minimum absolute atomic E-state index is 0.163. The third kappa shape index (κ3) is 2.49. The van der Waals surface area contributed by atoms with Crippen LogP contribution in [-0.2, 0) is 9.59 Å². The first-order valence-electron chi connectivity index (χ1n) is 9.50. The Hall–Kier alpha value is -2.66. The molecular weight excluding hydrogens is 378 g/mol. The second kappa shape index (κ2) is 6.45. The van der Waals surface area contributed by atoms with Crippen LogP contribution < -0.4 is 9.64 Å². The Balaban J connectivity index is 1.48. The average Bonchev–Trinajstić information content (AvgIpc) is 3.37. The van der Waals surface area contributed by atoms with Crippen LogP contribution in [0.3, 0.4) is 0 Å². The lowest BCUT2D eigenvalue weighted by Gasteiger charge is -2.20. The fourth-order valence-corrected chi connectivity index (χ4v) is 5.37. The van der Waals surface area contributed by atoms with E-state index in [0.29, 0.717) is 17.5 Å². The molecule has 1 saturated heterocycles. The Labute approximate surface area is 167 Å². The predicted octanol–water partition coefficient (Wildman–Crippen LogP) is 4.09. The molecule has 2 bridgehead atoms. The molecule has 2 aliphatic carbocycles. The van der Waals surface area contributed by atoms with E-state index in [2.05, 4.69) is 0 Å². The number of rotatable bonds is 3. The number of hydrogen-bond donors (Lipinski definition) is 0. The summed E-state index contributed by atoms with van der Waals surface area (Å²) in [5.41, 5.74) is 0.555. The number of anilines is 1. The molecule has 0 aromatic heterocycles. The van der Waals surface area contributed by atoms with Crippen molar-refractivity contribution in [3.8, 4) is 5.75 Å². The average molecular weight is 396 g/mol. The van der Waals surface area contributed by atoms with Crippen molar-refractivity contribution in [2.75, 3.05) is 4.90 Å². The van der Waals surface area contributed by atoms with E-state index in [9.17, 15) is 14.4 Å². The lowest BCUT2D eigenvalue weighted by Crippen LogP contribution is -2.33. The van der Waals surface area contributed by atoms with Crippen LogP contribution in [0.25, 0.3) is 0 Å². The van der Waals surface area contributed by atoms with Gasteiger partial charge in [0.15, 0.2) is 5.75 Å². The molecule has 0 radical (unpaired) electrons. The molecular formula is C22H18ClNO4. The molecule has 2 aromatic rings. The van der Waals surface area contributed by atoms with Gasteiger partial charge in [0.1, 0.15) is 0 Å². The van der Waals surface area contributed by atoms with Gasteiger partial charge in [0.05, 0.1) is 28.1 Å². The number of fused-ring (bicyclic) bond motifs is 5. The molecule has 0 N–H and O–H groups in total. The van der Waals surface area contributed by atoms with Crippen LogP contribution in [0.15, 0.2) is 48.5 Å². The SMILES string of the molecule is O=C(Oc1ccccc1N1C(=O)[C@@H]2[C@H]3CC[C@@H](C3)[C@H]2C1=O)c1ccccc1Cl. The quantitative estimate of drug-likeness (QED) is 0.446. The molecule has 142 valence electrons. The van der Waals surface area contributed by atoms with E-state index in [0.717, 1.165) is 19.3 Å². The largest absolute Gasteiger partial charge is 0.421 e. The number of carbonyl (C=O) groups excluding carboxylic acids is 3. The molecule has 3 aliphatic rings. The topological polar surface area (TPSA) is 63.7 Å². The van der Waals surface area contributed by atoms with Crippen LogP contribution in [0.1, 0.15) is 29.6 Å². The van der Waals surface area contributed by atoms with E-state index < -0.39 is 5.97 Å². The molecule has 5 rings (SSSR count).